The number of rotatable bonds is 4. The van der Waals surface area contributed by atoms with Crippen molar-refractivity contribution in [2.75, 3.05) is 0 Å². The maximum Gasteiger partial charge on any atom is 0.0547 e. The van der Waals surface area contributed by atoms with E-state index in [1.165, 1.54) is 95.5 Å². The molecule has 11 aromatic rings. The summed E-state index contributed by atoms with van der Waals surface area (Å²) in [5, 5.41) is 7.85. The van der Waals surface area contributed by atoms with Crippen LogP contribution >= 0.6 is 22.7 Å². The third kappa shape index (κ3) is 4.45. The largest absolute Gasteiger partial charge is 0.309 e. The summed E-state index contributed by atoms with van der Waals surface area (Å²) in [6, 6.07) is 65.0. The van der Waals surface area contributed by atoms with Crippen molar-refractivity contribution in [2.24, 2.45) is 0 Å². The smallest absolute Gasteiger partial charge is 0.0547 e. The molecule has 238 valence electrons. The summed E-state index contributed by atoms with van der Waals surface area (Å²) in [6.07, 6.45) is 0. The van der Waals surface area contributed by atoms with Gasteiger partial charge in [0.2, 0.25) is 0 Å². The first-order valence-electron chi connectivity index (χ1n) is 17.3. The molecule has 0 spiro atoms. The molecule has 0 N–H and O–H groups in total. The zero-order valence-electron chi connectivity index (χ0n) is 27.5. The minimum atomic E-state index is 1.16. The van der Waals surface area contributed by atoms with Gasteiger partial charge >= 0.3 is 0 Å². The Labute approximate surface area is 302 Å². The standard InChI is InChI=1S/C48H29NS2/c1-2-10-30(11-3-1)31-20-24-34(25-21-31)49-41-16-8-14-35(32-22-26-45-39(28-32)37-12-4-6-18-43(37)50-45)47(41)48-36(15-9-17-42(48)49)33-23-27-46-40(29-33)38-13-5-7-19-44(38)51-46/h1-29H. The fraction of sp³-hybridized carbons (Fsp3) is 0. The molecule has 0 aliphatic rings. The number of benzene rings is 8. The van der Waals surface area contributed by atoms with Crippen LogP contribution < -0.4 is 0 Å². The van der Waals surface area contributed by atoms with Crippen molar-refractivity contribution in [3.63, 3.8) is 0 Å². The van der Waals surface area contributed by atoms with E-state index in [2.05, 4.69) is 180 Å². The van der Waals surface area contributed by atoms with Crippen LogP contribution in [0, 0.1) is 0 Å². The molecule has 8 aromatic carbocycles. The third-order valence-corrected chi connectivity index (χ3v) is 12.7. The van der Waals surface area contributed by atoms with Gasteiger partial charge in [0.25, 0.3) is 0 Å². The molecule has 0 aliphatic carbocycles. The highest BCUT2D eigenvalue weighted by molar-refractivity contribution is 7.26. The third-order valence-electron chi connectivity index (χ3n) is 10.4. The fourth-order valence-electron chi connectivity index (χ4n) is 8.09. The SMILES string of the molecule is c1ccc(-c2ccc(-n3c4cccc(-c5ccc6sc7ccccc7c6c5)c4c4c(-c5ccc6sc7ccccc7c6c5)cccc43)cc2)cc1. The van der Waals surface area contributed by atoms with Crippen LogP contribution in [-0.4, -0.2) is 4.57 Å². The molecule has 0 saturated carbocycles. The molecule has 0 saturated heterocycles. The van der Waals surface area contributed by atoms with Crippen molar-refractivity contribution in [1.29, 1.82) is 0 Å². The van der Waals surface area contributed by atoms with E-state index in [0.717, 1.165) is 5.69 Å². The lowest BCUT2D eigenvalue weighted by Gasteiger charge is -2.10. The minimum Gasteiger partial charge on any atom is -0.309 e. The average Bonchev–Trinajstić information content (AvgIpc) is 3.87. The second-order valence-electron chi connectivity index (χ2n) is 13.3. The molecule has 3 heterocycles. The first-order valence-corrected chi connectivity index (χ1v) is 19.0. The minimum absolute atomic E-state index is 1.16. The molecule has 3 aromatic heterocycles. The number of hydrogen-bond acceptors (Lipinski definition) is 2. The fourth-order valence-corrected chi connectivity index (χ4v) is 10.3. The monoisotopic (exact) mass is 683 g/mol. The summed E-state index contributed by atoms with van der Waals surface area (Å²) in [6.45, 7) is 0. The molecule has 51 heavy (non-hydrogen) atoms. The highest BCUT2D eigenvalue weighted by Crippen LogP contribution is 2.45. The Morgan fingerprint density at radius 3 is 1.31 bits per heavy atom. The quantitative estimate of drug-likeness (QED) is 0.174. The van der Waals surface area contributed by atoms with Crippen LogP contribution in [-0.2, 0) is 0 Å². The van der Waals surface area contributed by atoms with Crippen molar-refractivity contribution < 1.29 is 0 Å². The van der Waals surface area contributed by atoms with Crippen LogP contribution in [0.25, 0.3) is 101 Å². The van der Waals surface area contributed by atoms with Crippen LogP contribution in [0.2, 0.25) is 0 Å². The molecular formula is C48H29NS2. The van der Waals surface area contributed by atoms with Gasteiger partial charge in [0, 0.05) is 56.8 Å². The number of nitrogens with zero attached hydrogens (tertiary/aromatic N) is 1. The predicted molar refractivity (Wildman–Crippen MR) is 223 cm³/mol. The van der Waals surface area contributed by atoms with Gasteiger partial charge in [-0.1, -0.05) is 115 Å². The molecule has 0 radical (unpaired) electrons. The van der Waals surface area contributed by atoms with E-state index >= 15 is 0 Å². The lowest BCUT2D eigenvalue weighted by Crippen LogP contribution is -1.94. The van der Waals surface area contributed by atoms with Gasteiger partial charge in [0.1, 0.15) is 0 Å². The molecule has 0 bridgehead atoms. The van der Waals surface area contributed by atoms with Crippen molar-refractivity contribution in [1.82, 2.24) is 4.57 Å². The van der Waals surface area contributed by atoms with E-state index in [1.807, 2.05) is 22.7 Å². The van der Waals surface area contributed by atoms with Gasteiger partial charge in [-0.05, 0) is 94.0 Å². The number of fused-ring (bicyclic) bond motifs is 9. The van der Waals surface area contributed by atoms with Gasteiger partial charge in [-0.2, -0.15) is 0 Å². The molecule has 3 heteroatoms. The lowest BCUT2D eigenvalue weighted by atomic mass is 9.93. The molecule has 0 atom stereocenters. The predicted octanol–water partition coefficient (Wildman–Crippen LogP) is 14.5. The van der Waals surface area contributed by atoms with Gasteiger partial charge in [-0.25, -0.2) is 0 Å². The molecule has 0 unspecified atom stereocenters. The van der Waals surface area contributed by atoms with Crippen molar-refractivity contribution in [2.45, 2.75) is 0 Å². The Hall–Kier alpha value is -6.00. The van der Waals surface area contributed by atoms with Crippen LogP contribution in [0.1, 0.15) is 0 Å². The topological polar surface area (TPSA) is 4.93 Å². The number of thiophene rings is 2. The van der Waals surface area contributed by atoms with Gasteiger partial charge in [-0.15, -0.1) is 22.7 Å². The summed E-state index contributed by atoms with van der Waals surface area (Å²) < 4.78 is 7.77. The Kier molecular flexibility index (Phi) is 6.36. The number of hydrogen-bond donors (Lipinski definition) is 0. The first-order chi connectivity index (χ1) is 25.3. The zero-order valence-corrected chi connectivity index (χ0v) is 29.1. The summed E-state index contributed by atoms with van der Waals surface area (Å²) in [5.74, 6) is 0. The number of aromatic nitrogens is 1. The lowest BCUT2D eigenvalue weighted by molar-refractivity contribution is 1.18. The van der Waals surface area contributed by atoms with Gasteiger partial charge in [-0.3, -0.25) is 0 Å². The van der Waals surface area contributed by atoms with Crippen LogP contribution in [0.5, 0.6) is 0 Å². The highest BCUT2D eigenvalue weighted by Gasteiger charge is 2.20. The summed E-state index contributed by atoms with van der Waals surface area (Å²) in [4.78, 5) is 0. The summed E-state index contributed by atoms with van der Waals surface area (Å²) >= 11 is 3.74. The van der Waals surface area contributed by atoms with Crippen molar-refractivity contribution in [3.05, 3.63) is 176 Å². The molecule has 0 fully saturated rings. The van der Waals surface area contributed by atoms with E-state index in [-0.39, 0.29) is 0 Å². The Morgan fingerprint density at radius 1 is 0.314 bits per heavy atom. The van der Waals surface area contributed by atoms with Gasteiger partial charge in [0.05, 0.1) is 11.0 Å². The van der Waals surface area contributed by atoms with E-state index in [1.54, 1.807) is 0 Å². The van der Waals surface area contributed by atoms with Crippen LogP contribution in [0.15, 0.2) is 176 Å². The summed E-state index contributed by atoms with van der Waals surface area (Å²) in [5.41, 5.74) is 11.0. The van der Waals surface area contributed by atoms with Crippen LogP contribution in [0.4, 0.5) is 0 Å². The Morgan fingerprint density at radius 2 is 0.765 bits per heavy atom. The van der Waals surface area contributed by atoms with Crippen molar-refractivity contribution in [3.8, 4) is 39.1 Å². The molecule has 0 aliphatic heterocycles. The second-order valence-corrected chi connectivity index (χ2v) is 15.4. The summed E-state index contributed by atoms with van der Waals surface area (Å²) in [7, 11) is 0. The van der Waals surface area contributed by atoms with E-state index in [9.17, 15) is 0 Å². The molecule has 1 nitrogen and oxygen atoms in total. The molecular weight excluding hydrogens is 655 g/mol. The zero-order chi connectivity index (χ0) is 33.5. The van der Waals surface area contributed by atoms with E-state index < -0.39 is 0 Å². The molecule has 0 amide bonds. The maximum absolute atomic E-state index is 2.46. The highest BCUT2D eigenvalue weighted by atomic mass is 32.1. The van der Waals surface area contributed by atoms with E-state index in [0.29, 0.717) is 0 Å². The first kappa shape index (κ1) is 28.8. The Balaban J connectivity index is 1.21. The normalized spacial score (nSPS) is 11.9. The van der Waals surface area contributed by atoms with Crippen LogP contribution in [0.3, 0.4) is 0 Å². The van der Waals surface area contributed by atoms with Crippen molar-refractivity contribution >= 4 is 84.8 Å². The van der Waals surface area contributed by atoms with Gasteiger partial charge < -0.3 is 4.57 Å². The van der Waals surface area contributed by atoms with E-state index in [4.69, 9.17) is 0 Å². The second kappa shape index (κ2) is 11.3. The van der Waals surface area contributed by atoms with Gasteiger partial charge in [0.15, 0.2) is 0 Å². The molecule has 11 rings (SSSR count). The Bertz CT molecular complexity index is 2950. The maximum atomic E-state index is 2.46. The average molecular weight is 684 g/mol.